The first kappa shape index (κ1) is 14.7. The fourth-order valence-electron chi connectivity index (χ4n) is 1.69. The van der Waals surface area contributed by atoms with Crippen molar-refractivity contribution in [3.05, 3.63) is 34.4 Å². The number of hydrogen-bond acceptors (Lipinski definition) is 5. The lowest BCUT2D eigenvalue weighted by Gasteiger charge is -2.08. The lowest BCUT2D eigenvalue weighted by molar-refractivity contribution is 0.819. The van der Waals surface area contributed by atoms with Gasteiger partial charge in [0.25, 0.3) is 0 Å². The smallest absolute Gasteiger partial charge is 0.244 e. The van der Waals surface area contributed by atoms with Crippen LogP contribution in [0, 0.1) is 6.92 Å². The standard InChI is InChI=1S/C14H18BrN5/c1-3-4-7-16-14-19-13(9-17-20-14)18-11-5-6-12(15)10(2)8-11/h5-6,8-9H,3-4,7H2,1-2H3,(H2,16,18,19,20). The summed E-state index contributed by atoms with van der Waals surface area (Å²) in [5.41, 5.74) is 2.14. The Bertz CT molecular complexity index is 573. The van der Waals surface area contributed by atoms with Gasteiger partial charge in [-0.2, -0.15) is 10.1 Å². The molecule has 1 aromatic heterocycles. The van der Waals surface area contributed by atoms with Crippen LogP contribution in [0.5, 0.6) is 0 Å². The first-order chi connectivity index (χ1) is 9.69. The van der Waals surface area contributed by atoms with Crippen molar-refractivity contribution >= 4 is 33.4 Å². The molecule has 1 aromatic carbocycles. The molecule has 0 spiro atoms. The van der Waals surface area contributed by atoms with E-state index in [9.17, 15) is 0 Å². The molecule has 20 heavy (non-hydrogen) atoms. The largest absolute Gasteiger partial charge is 0.353 e. The van der Waals surface area contributed by atoms with Gasteiger partial charge in [0.05, 0.1) is 6.20 Å². The SMILES string of the molecule is CCCCNc1nncc(Nc2ccc(Br)c(C)c2)n1. The van der Waals surface area contributed by atoms with Gasteiger partial charge in [-0.05, 0) is 37.1 Å². The highest BCUT2D eigenvalue weighted by Gasteiger charge is 2.02. The lowest BCUT2D eigenvalue weighted by atomic mass is 10.2. The molecule has 2 N–H and O–H groups in total. The van der Waals surface area contributed by atoms with E-state index in [2.05, 4.69) is 54.7 Å². The van der Waals surface area contributed by atoms with Crippen LogP contribution in [0.2, 0.25) is 0 Å². The highest BCUT2D eigenvalue weighted by Crippen LogP contribution is 2.22. The van der Waals surface area contributed by atoms with Crippen LogP contribution >= 0.6 is 15.9 Å². The molecule has 0 fully saturated rings. The third-order valence-electron chi connectivity index (χ3n) is 2.80. The summed E-state index contributed by atoms with van der Waals surface area (Å²) < 4.78 is 1.09. The maximum Gasteiger partial charge on any atom is 0.244 e. The number of rotatable bonds is 6. The highest BCUT2D eigenvalue weighted by molar-refractivity contribution is 9.10. The number of anilines is 3. The molecule has 0 unspecified atom stereocenters. The van der Waals surface area contributed by atoms with Gasteiger partial charge in [0.1, 0.15) is 0 Å². The Morgan fingerprint density at radius 1 is 1.30 bits per heavy atom. The van der Waals surface area contributed by atoms with E-state index in [4.69, 9.17) is 0 Å². The third kappa shape index (κ3) is 4.16. The van der Waals surface area contributed by atoms with Crippen molar-refractivity contribution in [2.24, 2.45) is 0 Å². The minimum absolute atomic E-state index is 0.553. The average molecular weight is 336 g/mol. The van der Waals surface area contributed by atoms with Gasteiger partial charge in [0.15, 0.2) is 5.82 Å². The minimum atomic E-state index is 0.553. The van der Waals surface area contributed by atoms with Crippen LogP contribution in [-0.2, 0) is 0 Å². The first-order valence-corrected chi connectivity index (χ1v) is 7.45. The number of nitrogens with one attached hydrogen (secondary N) is 2. The molecule has 0 aliphatic heterocycles. The summed E-state index contributed by atoms with van der Waals surface area (Å²) in [6.45, 7) is 5.05. The lowest BCUT2D eigenvalue weighted by Crippen LogP contribution is -2.07. The Kier molecular flexibility index (Phi) is 5.29. The van der Waals surface area contributed by atoms with Crippen molar-refractivity contribution in [2.75, 3.05) is 17.2 Å². The van der Waals surface area contributed by atoms with Crippen molar-refractivity contribution in [1.29, 1.82) is 0 Å². The fraction of sp³-hybridized carbons (Fsp3) is 0.357. The normalized spacial score (nSPS) is 10.3. The quantitative estimate of drug-likeness (QED) is 0.784. The van der Waals surface area contributed by atoms with E-state index < -0.39 is 0 Å². The summed E-state index contributed by atoms with van der Waals surface area (Å²) in [5, 5.41) is 14.3. The molecule has 1 heterocycles. The Hall–Kier alpha value is -1.69. The second-order valence-corrected chi connectivity index (χ2v) is 5.39. The van der Waals surface area contributed by atoms with Gasteiger partial charge in [-0.3, -0.25) is 0 Å². The van der Waals surface area contributed by atoms with Gasteiger partial charge in [-0.25, -0.2) is 0 Å². The Balaban J connectivity index is 2.05. The van der Waals surface area contributed by atoms with Crippen LogP contribution in [0.3, 0.4) is 0 Å². The zero-order valence-corrected chi connectivity index (χ0v) is 13.2. The van der Waals surface area contributed by atoms with Gasteiger partial charge in [0.2, 0.25) is 5.95 Å². The van der Waals surface area contributed by atoms with Crippen molar-refractivity contribution in [3.63, 3.8) is 0 Å². The molecule has 0 saturated carbocycles. The fourth-order valence-corrected chi connectivity index (χ4v) is 1.93. The number of halogens is 1. The van der Waals surface area contributed by atoms with Crippen LogP contribution in [-0.4, -0.2) is 21.7 Å². The average Bonchev–Trinajstić information content (AvgIpc) is 2.44. The Morgan fingerprint density at radius 2 is 2.15 bits per heavy atom. The van der Waals surface area contributed by atoms with Crippen LogP contribution in [0.25, 0.3) is 0 Å². The van der Waals surface area contributed by atoms with Gasteiger partial charge in [-0.1, -0.05) is 29.3 Å². The van der Waals surface area contributed by atoms with E-state index in [1.807, 2.05) is 19.1 Å². The predicted octanol–water partition coefficient (Wildman–Crippen LogP) is 3.90. The van der Waals surface area contributed by atoms with Gasteiger partial charge < -0.3 is 10.6 Å². The second kappa shape index (κ2) is 7.19. The predicted molar refractivity (Wildman–Crippen MR) is 85.4 cm³/mol. The van der Waals surface area contributed by atoms with Crippen molar-refractivity contribution in [2.45, 2.75) is 26.7 Å². The number of hydrogen-bond donors (Lipinski definition) is 2. The molecular formula is C14H18BrN5. The molecule has 0 bridgehead atoms. The van der Waals surface area contributed by atoms with E-state index in [0.29, 0.717) is 11.8 Å². The maximum absolute atomic E-state index is 4.38. The molecule has 0 aliphatic rings. The number of nitrogens with zero attached hydrogens (tertiary/aromatic N) is 3. The van der Waals surface area contributed by atoms with Crippen molar-refractivity contribution in [3.8, 4) is 0 Å². The van der Waals surface area contributed by atoms with E-state index in [-0.39, 0.29) is 0 Å². The Morgan fingerprint density at radius 3 is 2.90 bits per heavy atom. The van der Waals surface area contributed by atoms with Gasteiger partial charge in [-0.15, -0.1) is 5.10 Å². The molecule has 2 aromatic rings. The van der Waals surface area contributed by atoms with Crippen molar-refractivity contribution in [1.82, 2.24) is 15.2 Å². The summed E-state index contributed by atoms with van der Waals surface area (Å²) in [4.78, 5) is 4.38. The van der Waals surface area contributed by atoms with Crippen LogP contribution < -0.4 is 10.6 Å². The monoisotopic (exact) mass is 335 g/mol. The summed E-state index contributed by atoms with van der Waals surface area (Å²) in [6, 6.07) is 6.05. The molecule has 0 saturated heterocycles. The van der Waals surface area contributed by atoms with Crippen molar-refractivity contribution < 1.29 is 0 Å². The molecule has 0 aliphatic carbocycles. The number of aromatic nitrogens is 3. The minimum Gasteiger partial charge on any atom is -0.353 e. The number of unbranched alkanes of at least 4 members (excludes halogenated alkanes) is 1. The summed E-state index contributed by atoms with van der Waals surface area (Å²) in [7, 11) is 0. The van der Waals surface area contributed by atoms with Crippen LogP contribution in [0.4, 0.5) is 17.5 Å². The van der Waals surface area contributed by atoms with E-state index >= 15 is 0 Å². The summed E-state index contributed by atoms with van der Waals surface area (Å²) in [5.74, 6) is 1.23. The van der Waals surface area contributed by atoms with Crippen LogP contribution in [0.15, 0.2) is 28.9 Å². The zero-order valence-electron chi connectivity index (χ0n) is 11.7. The van der Waals surface area contributed by atoms with Gasteiger partial charge >= 0.3 is 0 Å². The molecule has 106 valence electrons. The van der Waals surface area contributed by atoms with E-state index in [1.165, 1.54) is 5.56 Å². The molecule has 6 heteroatoms. The molecule has 0 atom stereocenters. The summed E-state index contributed by atoms with van der Waals surface area (Å²) >= 11 is 3.49. The zero-order chi connectivity index (χ0) is 14.4. The maximum atomic E-state index is 4.38. The highest BCUT2D eigenvalue weighted by atomic mass is 79.9. The van der Waals surface area contributed by atoms with Gasteiger partial charge in [0, 0.05) is 16.7 Å². The van der Waals surface area contributed by atoms with E-state index in [1.54, 1.807) is 6.20 Å². The topological polar surface area (TPSA) is 62.7 Å². The van der Waals surface area contributed by atoms with E-state index in [0.717, 1.165) is 29.5 Å². The Labute approximate surface area is 127 Å². The van der Waals surface area contributed by atoms with Crippen LogP contribution in [0.1, 0.15) is 25.3 Å². The second-order valence-electron chi connectivity index (χ2n) is 4.53. The number of aryl methyl sites for hydroxylation is 1. The molecule has 2 rings (SSSR count). The third-order valence-corrected chi connectivity index (χ3v) is 3.69. The first-order valence-electron chi connectivity index (χ1n) is 6.66. The number of benzene rings is 1. The molecular weight excluding hydrogens is 318 g/mol. The molecule has 0 radical (unpaired) electrons. The molecule has 0 amide bonds. The molecule has 5 nitrogen and oxygen atoms in total. The summed E-state index contributed by atoms with van der Waals surface area (Å²) in [6.07, 6.45) is 3.84.